The van der Waals surface area contributed by atoms with E-state index < -0.39 is 0 Å². The van der Waals surface area contributed by atoms with Gasteiger partial charge >= 0.3 is 0 Å². The van der Waals surface area contributed by atoms with Crippen molar-refractivity contribution in [3.63, 3.8) is 0 Å². The van der Waals surface area contributed by atoms with Gasteiger partial charge in [0, 0.05) is 30.1 Å². The zero-order valence-electron chi connectivity index (χ0n) is 15.9. The summed E-state index contributed by atoms with van der Waals surface area (Å²) < 4.78 is 5.73. The van der Waals surface area contributed by atoms with Gasteiger partial charge in [-0.2, -0.15) is 0 Å². The quantitative estimate of drug-likeness (QED) is 0.500. The van der Waals surface area contributed by atoms with Crippen LogP contribution in [-0.2, 0) is 11.2 Å². The first-order valence-electron chi connectivity index (χ1n) is 9.44. The minimum atomic E-state index is -0.0191. The molecule has 0 aliphatic carbocycles. The van der Waals surface area contributed by atoms with E-state index in [9.17, 15) is 4.79 Å². The standard InChI is InChI=1S/C22H27N3O2/c1-16(2)27-21-10-6-5-9-20(21)25-22(26)12-14-23-13-11-17-15-24-19-8-4-3-7-18(17)19/h3-10,15-16,23-24H,11-14H2,1-2H3,(H,25,26). The maximum absolute atomic E-state index is 12.2. The molecule has 1 aromatic heterocycles. The van der Waals surface area contributed by atoms with Gasteiger partial charge in [-0.3, -0.25) is 4.79 Å². The molecule has 27 heavy (non-hydrogen) atoms. The molecule has 0 aliphatic rings. The number of hydrogen-bond donors (Lipinski definition) is 3. The van der Waals surface area contributed by atoms with Crippen LogP contribution in [0.3, 0.4) is 0 Å². The Bertz CT molecular complexity index is 886. The summed E-state index contributed by atoms with van der Waals surface area (Å²) in [7, 11) is 0. The minimum Gasteiger partial charge on any atom is -0.489 e. The summed E-state index contributed by atoms with van der Waals surface area (Å²) in [5.74, 6) is 0.683. The molecule has 0 saturated heterocycles. The van der Waals surface area contributed by atoms with Crippen LogP contribution in [0.2, 0.25) is 0 Å². The van der Waals surface area contributed by atoms with Crippen LogP contribution in [0, 0.1) is 0 Å². The smallest absolute Gasteiger partial charge is 0.225 e. The first-order valence-corrected chi connectivity index (χ1v) is 9.44. The molecule has 5 heteroatoms. The van der Waals surface area contributed by atoms with E-state index in [1.54, 1.807) is 0 Å². The Morgan fingerprint density at radius 2 is 1.85 bits per heavy atom. The van der Waals surface area contributed by atoms with Gasteiger partial charge < -0.3 is 20.4 Å². The molecule has 3 rings (SSSR count). The van der Waals surface area contributed by atoms with Crippen LogP contribution in [0.1, 0.15) is 25.8 Å². The normalized spacial score (nSPS) is 11.1. The number of rotatable bonds is 9. The highest BCUT2D eigenvalue weighted by atomic mass is 16.5. The summed E-state index contributed by atoms with van der Waals surface area (Å²) >= 11 is 0. The lowest BCUT2D eigenvalue weighted by molar-refractivity contribution is -0.116. The summed E-state index contributed by atoms with van der Waals surface area (Å²) in [4.78, 5) is 15.5. The molecule has 1 heterocycles. The molecule has 1 amide bonds. The van der Waals surface area contributed by atoms with Gasteiger partial charge in [-0.1, -0.05) is 30.3 Å². The maximum Gasteiger partial charge on any atom is 0.225 e. The number of fused-ring (bicyclic) bond motifs is 1. The van der Waals surface area contributed by atoms with Gasteiger partial charge in [0.2, 0.25) is 5.91 Å². The predicted molar refractivity (Wildman–Crippen MR) is 110 cm³/mol. The molecule has 0 atom stereocenters. The van der Waals surface area contributed by atoms with Crippen molar-refractivity contribution in [3.8, 4) is 5.75 Å². The molecule has 0 radical (unpaired) electrons. The Kier molecular flexibility index (Phi) is 6.49. The van der Waals surface area contributed by atoms with Gasteiger partial charge in [0.25, 0.3) is 0 Å². The summed E-state index contributed by atoms with van der Waals surface area (Å²) in [5.41, 5.74) is 3.17. The van der Waals surface area contributed by atoms with E-state index in [2.05, 4.69) is 40.0 Å². The number of aromatic nitrogens is 1. The Hall–Kier alpha value is -2.79. The molecule has 0 fully saturated rings. The van der Waals surface area contributed by atoms with E-state index in [1.165, 1.54) is 10.9 Å². The topological polar surface area (TPSA) is 66.2 Å². The van der Waals surface area contributed by atoms with Crippen LogP contribution < -0.4 is 15.4 Å². The predicted octanol–water partition coefficient (Wildman–Crippen LogP) is 4.12. The fraction of sp³-hybridized carbons (Fsp3) is 0.318. The lowest BCUT2D eigenvalue weighted by Crippen LogP contribution is -2.23. The fourth-order valence-electron chi connectivity index (χ4n) is 3.03. The van der Waals surface area contributed by atoms with E-state index in [0.717, 1.165) is 24.2 Å². The third-order valence-corrected chi connectivity index (χ3v) is 4.30. The number of ether oxygens (including phenoxy) is 1. The van der Waals surface area contributed by atoms with E-state index in [0.29, 0.717) is 18.7 Å². The van der Waals surface area contributed by atoms with Crippen molar-refractivity contribution < 1.29 is 9.53 Å². The Morgan fingerprint density at radius 3 is 2.70 bits per heavy atom. The van der Waals surface area contributed by atoms with Crippen molar-refractivity contribution >= 4 is 22.5 Å². The highest BCUT2D eigenvalue weighted by molar-refractivity contribution is 5.92. The van der Waals surface area contributed by atoms with Crippen molar-refractivity contribution in [1.29, 1.82) is 0 Å². The SMILES string of the molecule is CC(C)Oc1ccccc1NC(=O)CCNCCc1c[nH]c2ccccc12. The van der Waals surface area contributed by atoms with E-state index in [4.69, 9.17) is 4.74 Å². The molecule has 2 aromatic carbocycles. The van der Waals surface area contributed by atoms with Gasteiger partial charge in [0.15, 0.2) is 0 Å². The molecular formula is C22H27N3O2. The van der Waals surface area contributed by atoms with Gasteiger partial charge in [-0.25, -0.2) is 0 Å². The number of H-pyrrole nitrogens is 1. The average Bonchev–Trinajstić information content (AvgIpc) is 3.06. The number of nitrogens with one attached hydrogen (secondary N) is 3. The van der Waals surface area contributed by atoms with Crippen LogP contribution in [-0.4, -0.2) is 30.1 Å². The number of carbonyl (C=O) groups excluding carboxylic acids is 1. The highest BCUT2D eigenvalue weighted by Gasteiger charge is 2.09. The summed E-state index contributed by atoms with van der Waals surface area (Å²) in [6, 6.07) is 15.8. The molecule has 5 nitrogen and oxygen atoms in total. The Balaban J connectivity index is 1.41. The zero-order valence-corrected chi connectivity index (χ0v) is 15.9. The Labute approximate surface area is 160 Å². The number of benzene rings is 2. The first kappa shape index (κ1) is 19.0. The minimum absolute atomic E-state index is 0.0191. The van der Waals surface area contributed by atoms with Crippen molar-refractivity contribution in [3.05, 3.63) is 60.3 Å². The number of para-hydroxylation sites is 3. The maximum atomic E-state index is 12.2. The Morgan fingerprint density at radius 1 is 1.07 bits per heavy atom. The van der Waals surface area contributed by atoms with Crippen molar-refractivity contribution in [2.75, 3.05) is 18.4 Å². The zero-order chi connectivity index (χ0) is 19.1. The number of hydrogen-bond acceptors (Lipinski definition) is 3. The molecule has 0 bridgehead atoms. The van der Waals surface area contributed by atoms with Gasteiger partial charge in [0.05, 0.1) is 11.8 Å². The van der Waals surface area contributed by atoms with Crippen LogP contribution in [0.5, 0.6) is 5.75 Å². The van der Waals surface area contributed by atoms with Crippen molar-refractivity contribution in [1.82, 2.24) is 10.3 Å². The van der Waals surface area contributed by atoms with Crippen molar-refractivity contribution in [2.24, 2.45) is 0 Å². The molecule has 0 aliphatic heterocycles. The summed E-state index contributed by atoms with van der Waals surface area (Å²) in [5, 5.41) is 7.54. The van der Waals surface area contributed by atoms with Crippen LogP contribution >= 0.6 is 0 Å². The number of anilines is 1. The summed E-state index contributed by atoms with van der Waals surface area (Å²) in [6.07, 6.45) is 3.47. The number of aromatic amines is 1. The molecular weight excluding hydrogens is 338 g/mol. The van der Waals surface area contributed by atoms with Crippen LogP contribution in [0.15, 0.2) is 54.7 Å². The molecule has 0 saturated carbocycles. The van der Waals surface area contributed by atoms with Crippen LogP contribution in [0.25, 0.3) is 10.9 Å². The van der Waals surface area contributed by atoms with E-state index in [-0.39, 0.29) is 12.0 Å². The third-order valence-electron chi connectivity index (χ3n) is 4.30. The largest absolute Gasteiger partial charge is 0.489 e. The monoisotopic (exact) mass is 365 g/mol. The van der Waals surface area contributed by atoms with Gasteiger partial charge in [-0.15, -0.1) is 0 Å². The number of amides is 1. The molecule has 3 aromatic rings. The third kappa shape index (κ3) is 5.34. The van der Waals surface area contributed by atoms with Crippen LogP contribution in [0.4, 0.5) is 5.69 Å². The van der Waals surface area contributed by atoms with Crippen molar-refractivity contribution in [2.45, 2.75) is 32.8 Å². The first-order chi connectivity index (χ1) is 13.1. The lowest BCUT2D eigenvalue weighted by Gasteiger charge is -2.14. The number of carbonyl (C=O) groups is 1. The molecule has 3 N–H and O–H groups in total. The van der Waals surface area contributed by atoms with Gasteiger partial charge in [-0.05, 0) is 50.6 Å². The van der Waals surface area contributed by atoms with E-state index >= 15 is 0 Å². The second-order valence-electron chi connectivity index (χ2n) is 6.82. The highest BCUT2D eigenvalue weighted by Crippen LogP contribution is 2.24. The molecule has 0 unspecified atom stereocenters. The second-order valence-corrected chi connectivity index (χ2v) is 6.82. The average molecular weight is 365 g/mol. The van der Waals surface area contributed by atoms with E-state index in [1.807, 2.05) is 44.2 Å². The lowest BCUT2D eigenvalue weighted by atomic mass is 10.1. The molecule has 0 spiro atoms. The second kappa shape index (κ2) is 9.24. The molecule has 142 valence electrons. The fourth-order valence-corrected chi connectivity index (χ4v) is 3.03. The van der Waals surface area contributed by atoms with Gasteiger partial charge in [0.1, 0.15) is 5.75 Å². The summed E-state index contributed by atoms with van der Waals surface area (Å²) in [6.45, 7) is 5.41.